The summed E-state index contributed by atoms with van der Waals surface area (Å²) in [5, 5.41) is 10.8. The van der Waals surface area contributed by atoms with Gasteiger partial charge in [0.25, 0.3) is 6.43 Å². The van der Waals surface area contributed by atoms with Gasteiger partial charge in [-0.05, 0) is 25.5 Å². The Bertz CT molecular complexity index is 817. The second kappa shape index (κ2) is 6.23. The summed E-state index contributed by atoms with van der Waals surface area (Å²) in [7, 11) is 0. The predicted octanol–water partition coefficient (Wildman–Crippen LogP) is 3.56. The van der Waals surface area contributed by atoms with E-state index in [4.69, 9.17) is 0 Å². The number of halogens is 2. The van der Waals surface area contributed by atoms with Crippen molar-refractivity contribution in [2.75, 3.05) is 5.32 Å². The van der Waals surface area contributed by atoms with Crippen LogP contribution >= 0.6 is 0 Å². The molecular weight excluding hydrogens is 302 g/mol. The van der Waals surface area contributed by atoms with Crippen molar-refractivity contribution >= 4 is 16.7 Å². The molecule has 0 spiro atoms. The van der Waals surface area contributed by atoms with Crippen molar-refractivity contribution in [3.8, 4) is 0 Å². The van der Waals surface area contributed by atoms with Crippen molar-refractivity contribution in [2.24, 2.45) is 0 Å². The van der Waals surface area contributed by atoms with Crippen molar-refractivity contribution in [3.63, 3.8) is 0 Å². The summed E-state index contributed by atoms with van der Waals surface area (Å²) < 4.78 is 26.1. The van der Waals surface area contributed by atoms with Crippen LogP contribution in [0.25, 0.3) is 10.9 Å². The molecule has 0 saturated heterocycles. The molecule has 120 valence electrons. The lowest BCUT2D eigenvalue weighted by Crippen LogP contribution is -2.14. The van der Waals surface area contributed by atoms with E-state index in [9.17, 15) is 8.78 Å². The zero-order valence-electron chi connectivity index (χ0n) is 12.7. The van der Waals surface area contributed by atoms with E-state index >= 15 is 0 Å². The summed E-state index contributed by atoms with van der Waals surface area (Å²) in [5.74, 6) is 1.14. The molecule has 1 atom stereocenters. The van der Waals surface area contributed by atoms with Crippen LogP contribution in [0, 0.1) is 6.92 Å². The van der Waals surface area contributed by atoms with Gasteiger partial charge < -0.3 is 5.32 Å². The van der Waals surface area contributed by atoms with Crippen molar-refractivity contribution < 1.29 is 8.78 Å². The van der Waals surface area contributed by atoms with E-state index in [2.05, 4.69) is 30.5 Å². The summed E-state index contributed by atoms with van der Waals surface area (Å²) in [5.41, 5.74) is 0.473. The van der Waals surface area contributed by atoms with Crippen LogP contribution in [-0.4, -0.2) is 25.1 Å². The summed E-state index contributed by atoms with van der Waals surface area (Å²) in [6.45, 7) is 3.76. The number of alkyl halides is 2. The topological polar surface area (TPSA) is 79.4 Å². The number of rotatable bonds is 5. The van der Waals surface area contributed by atoms with E-state index in [1.54, 1.807) is 25.1 Å². The van der Waals surface area contributed by atoms with E-state index in [0.29, 0.717) is 34.8 Å². The van der Waals surface area contributed by atoms with Crippen LogP contribution in [0.3, 0.4) is 0 Å². The molecule has 0 saturated carbocycles. The van der Waals surface area contributed by atoms with Crippen LogP contribution in [0.2, 0.25) is 0 Å². The molecule has 1 unspecified atom stereocenters. The van der Waals surface area contributed by atoms with Crippen molar-refractivity contribution in [1.82, 2.24) is 25.1 Å². The minimum Gasteiger partial charge on any atom is -0.359 e. The maximum Gasteiger partial charge on any atom is 0.297 e. The lowest BCUT2D eigenvalue weighted by Gasteiger charge is -2.16. The van der Waals surface area contributed by atoms with Gasteiger partial charge in [-0.25, -0.2) is 23.7 Å². The fourth-order valence-electron chi connectivity index (χ4n) is 2.33. The SMILES string of the molecule is CCC(Nc1nc(C(F)F)nc2ccccc12)c1n[nH]c(C)n1. The number of fused-ring (bicyclic) bond motifs is 1. The second-order valence-electron chi connectivity index (χ2n) is 5.13. The molecule has 3 rings (SSSR count). The molecule has 0 amide bonds. The number of H-pyrrole nitrogens is 1. The maximum atomic E-state index is 13.0. The van der Waals surface area contributed by atoms with Crippen molar-refractivity contribution in [2.45, 2.75) is 32.7 Å². The number of para-hydroxylation sites is 1. The van der Waals surface area contributed by atoms with E-state index in [-0.39, 0.29) is 6.04 Å². The van der Waals surface area contributed by atoms with Crippen LogP contribution in [0.15, 0.2) is 24.3 Å². The molecule has 8 heteroatoms. The number of aromatic amines is 1. The summed E-state index contributed by atoms with van der Waals surface area (Å²) in [4.78, 5) is 12.2. The summed E-state index contributed by atoms with van der Waals surface area (Å²) in [6, 6.07) is 6.82. The first-order valence-electron chi connectivity index (χ1n) is 7.28. The van der Waals surface area contributed by atoms with Gasteiger partial charge in [-0.3, -0.25) is 5.10 Å². The van der Waals surface area contributed by atoms with Gasteiger partial charge in [0.05, 0.1) is 11.6 Å². The molecule has 2 N–H and O–H groups in total. The molecule has 1 aromatic carbocycles. The molecule has 0 aliphatic rings. The highest BCUT2D eigenvalue weighted by Gasteiger charge is 2.19. The van der Waals surface area contributed by atoms with Gasteiger partial charge in [-0.2, -0.15) is 5.10 Å². The zero-order valence-corrected chi connectivity index (χ0v) is 12.7. The molecule has 0 radical (unpaired) electrons. The van der Waals surface area contributed by atoms with Crippen LogP contribution < -0.4 is 5.32 Å². The molecule has 0 bridgehead atoms. The quantitative estimate of drug-likeness (QED) is 0.752. The van der Waals surface area contributed by atoms with Crippen LogP contribution in [0.4, 0.5) is 14.6 Å². The highest BCUT2D eigenvalue weighted by molar-refractivity contribution is 5.89. The fourth-order valence-corrected chi connectivity index (χ4v) is 2.33. The molecule has 2 heterocycles. The number of hydrogen-bond acceptors (Lipinski definition) is 5. The Balaban J connectivity index is 2.03. The van der Waals surface area contributed by atoms with E-state index < -0.39 is 12.2 Å². The summed E-state index contributed by atoms with van der Waals surface area (Å²) in [6.07, 6.45) is -2.05. The molecular formula is C15H16F2N6. The van der Waals surface area contributed by atoms with Crippen molar-refractivity contribution in [1.29, 1.82) is 0 Å². The second-order valence-corrected chi connectivity index (χ2v) is 5.13. The molecule has 6 nitrogen and oxygen atoms in total. The zero-order chi connectivity index (χ0) is 16.4. The molecule has 0 aliphatic carbocycles. The lowest BCUT2D eigenvalue weighted by atomic mass is 10.2. The molecule has 2 aromatic heterocycles. The Morgan fingerprint density at radius 2 is 1.91 bits per heavy atom. The maximum absolute atomic E-state index is 13.0. The van der Waals surface area contributed by atoms with Gasteiger partial charge in [0.15, 0.2) is 11.6 Å². The monoisotopic (exact) mass is 318 g/mol. The highest BCUT2D eigenvalue weighted by Crippen LogP contribution is 2.27. The van der Waals surface area contributed by atoms with Crippen LogP contribution in [-0.2, 0) is 0 Å². The van der Waals surface area contributed by atoms with Crippen LogP contribution in [0.1, 0.15) is 43.3 Å². The third-order valence-electron chi connectivity index (χ3n) is 3.46. The number of anilines is 1. The smallest absolute Gasteiger partial charge is 0.297 e. The van der Waals surface area contributed by atoms with Gasteiger partial charge in [0.1, 0.15) is 11.6 Å². The van der Waals surface area contributed by atoms with Gasteiger partial charge in [0, 0.05) is 5.39 Å². The summed E-state index contributed by atoms with van der Waals surface area (Å²) >= 11 is 0. The number of aromatic nitrogens is 5. The standard InChI is InChI=1S/C15H16F2N6/c1-3-10(14-18-8(2)22-23-14)19-13-9-6-4-5-7-11(9)20-15(21-13)12(16)17/h4-7,10,12H,3H2,1-2H3,(H,18,22,23)(H,19,20,21). The van der Waals surface area contributed by atoms with Gasteiger partial charge in [-0.1, -0.05) is 19.1 Å². The van der Waals surface area contributed by atoms with E-state index in [0.717, 1.165) is 0 Å². The van der Waals surface area contributed by atoms with Gasteiger partial charge >= 0.3 is 0 Å². The van der Waals surface area contributed by atoms with Crippen molar-refractivity contribution in [3.05, 3.63) is 41.7 Å². The average Bonchev–Trinajstić information content (AvgIpc) is 2.98. The Morgan fingerprint density at radius 3 is 2.57 bits per heavy atom. The third kappa shape index (κ3) is 3.10. The van der Waals surface area contributed by atoms with Gasteiger partial charge in [0.2, 0.25) is 0 Å². The minimum absolute atomic E-state index is 0.233. The number of hydrogen-bond donors (Lipinski definition) is 2. The molecule has 3 aromatic rings. The van der Waals surface area contributed by atoms with Crippen LogP contribution in [0.5, 0.6) is 0 Å². The first-order chi connectivity index (χ1) is 11.1. The highest BCUT2D eigenvalue weighted by atomic mass is 19.3. The number of aryl methyl sites for hydroxylation is 1. The molecule has 0 fully saturated rings. The van der Waals surface area contributed by atoms with E-state index in [1.807, 2.05) is 13.0 Å². The molecule has 0 aliphatic heterocycles. The minimum atomic E-state index is -2.73. The average molecular weight is 318 g/mol. The lowest BCUT2D eigenvalue weighted by molar-refractivity contribution is 0.141. The number of nitrogens with zero attached hydrogens (tertiary/aromatic N) is 4. The fraction of sp³-hybridized carbons (Fsp3) is 0.333. The van der Waals surface area contributed by atoms with Gasteiger partial charge in [-0.15, -0.1) is 0 Å². The Labute approximate surface area is 131 Å². The number of benzene rings is 1. The first-order valence-corrected chi connectivity index (χ1v) is 7.28. The Hall–Kier alpha value is -2.64. The predicted molar refractivity (Wildman–Crippen MR) is 82.3 cm³/mol. The Morgan fingerprint density at radius 1 is 1.13 bits per heavy atom. The third-order valence-corrected chi connectivity index (χ3v) is 3.46. The molecule has 23 heavy (non-hydrogen) atoms. The largest absolute Gasteiger partial charge is 0.359 e. The number of nitrogens with one attached hydrogen (secondary N) is 2. The first kappa shape index (κ1) is 15.3. The van der Waals surface area contributed by atoms with E-state index in [1.165, 1.54) is 0 Å². The normalized spacial score (nSPS) is 12.7. The Kier molecular flexibility index (Phi) is 4.14.